The Morgan fingerprint density at radius 2 is 2.22 bits per heavy atom. The lowest BCUT2D eigenvalue weighted by atomic mass is 10.2. The average molecular weight is 248 g/mol. The van der Waals surface area contributed by atoms with Gasteiger partial charge in [0.05, 0.1) is 7.11 Å². The van der Waals surface area contributed by atoms with Crippen molar-refractivity contribution in [3.63, 3.8) is 0 Å². The Hall–Kier alpha value is -2.11. The molecule has 0 aromatic carbocycles. The first-order valence-corrected chi connectivity index (χ1v) is 5.75. The number of aromatic nitrogens is 3. The van der Waals surface area contributed by atoms with Crippen molar-refractivity contribution in [3.05, 3.63) is 29.7 Å². The molecule has 0 aliphatic heterocycles. The van der Waals surface area contributed by atoms with Gasteiger partial charge >= 0.3 is 6.01 Å². The summed E-state index contributed by atoms with van der Waals surface area (Å²) in [5, 5.41) is 6.95. The van der Waals surface area contributed by atoms with E-state index in [9.17, 15) is 0 Å². The first-order valence-electron chi connectivity index (χ1n) is 5.75. The third kappa shape index (κ3) is 3.19. The van der Waals surface area contributed by atoms with E-state index in [4.69, 9.17) is 9.26 Å². The van der Waals surface area contributed by atoms with Gasteiger partial charge in [-0.2, -0.15) is 4.98 Å². The molecular weight excluding hydrogens is 232 g/mol. The summed E-state index contributed by atoms with van der Waals surface area (Å²) in [6.07, 6.45) is 2.32. The highest BCUT2D eigenvalue weighted by molar-refractivity contribution is 5.24. The van der Waals surface area contributed by atoms with E-state index >= 15 is 0 Å². The van der Waals surface area contributed by atoms with Crippen LogP contribution in [-0.4, -0.2) is 28.3 Å². The Bertz CT molecular complexity index is 493. The van der Waals surface area contributed by atoms with Crippen molar-refractivity contribution in [2.45, 2.75) is 26.3 Å². The van der Waals surface area contributed by atoms with Crippen LogP contribution in [0.25, 0.3) is 0 Å². The van der Waals surface area contributed by atoms with Crippen molar-refractivity contribution in [1.82, 2.24) is 15.1 Å². The smallest absolute Gasteiger partial charge is 0.321 e. The van der Waals surface area contributed by atoms with E-state index in [0.29, 0.717) is 24.1 Å². The number of hydrogen-bond acceptors (Lipinski definition) is 6. The van der Waals surface area contributed by atoms with Crippen LogP contribution in [0.3, 0.4) is 0 Å². The Morgan fingerprint density at radius 3 is 2.83 bits per heavy atom. The van der Waals surface area contributed by atoms with Crippen molar-refractivity contribution in [3.8, 4) is 5.88 Å². The van der Waals surface area contributed by atoms with Crippen molar-refractivity contribution in [1.29, 1.82) is 0 Å². The lowest BCUT2D eigenvalue weighted by Crippen LogP contribution is -2.09. The third-order valence-corrected chi connectivity index (χ3v) is 2.25. The Kier molecular flexibility index (Phi) is 3.76. The second kappa shape index (κ2) is 5.48. The SMILES string of the molecule is COc1ccc(Cc2noc(NC(C)C)n2)cn1. The molecule has 0 fully saturated rings. The number of nitrogens with one attached hydrogen (secondary N) is 1. The highest BCUT2D eigenvalue weighted by Crippen LogP contribution is 2.12. The molecule has 2 heterocycles. The van der Waals surface area contributed by atoms with Crippen LogP contribution in [-0.2, 0) is 6.42 Å². The van der Waals surface area contributed by atoms with Gasteiger partial charge in [0.1, 0.15) is 0 Å². The summed E-state index contributed by atoms with van der Waals surface area (Å²) in [7, 11) is 1.59. The molecule has 18 heavy (non-hydrogen) atoms. The van der Waals surface area contributed by atoms with Gasteiger partial charge in [0.25, 0.3) is 0 Å². The molecule has 6 heteroatoms. The molecular formula is C12H16N4O2. The molecule has 1 N–H and O–H groups in total. The van der Waals surface area contributed by atoms with E-state index in [0.717, 1.165) is 5.56 Å². The molecule has 96 valence electrons. The Balaban J connectivity index is 2.01. The molecule has 0 unspecified atom stereocenters. The summed E-state index contributed by atoms with van der Waals surface area (Å²) in [6, 6.07) is 4.45. The zero-order valence-corrected chi connectivity index (χ0v) is 10.7. The van der Waals surface area contributed by atoms with E-state index in [1.165, 1.54) is 0 Å². The Morgan fingerprint density at radius 1 is 1.39 bits per heavy atom. The second-order valence-corrected chi connectivity index (χ2v) is 4.20. The fourth-order valence-electron chi connectivity index (χ4n) is 1.45. The number of rotatable bonds is 5. The van der Waals surface area contributed by atoms with Gasteiger partial charge in [-0.1, -0.05) is 11.2 Å². The average Bonchev–Trinajstić information content (AvgIpc) is 2.76. The van der Waals surface area contributed by atoms with Crippen LogP contribution >= 0.6 is 0 Å². The first kappa shape index (κ1) is 12.3. The van der Waals surface area contributed by atoms with Crippen LogP contribution in [0.1, 0.15) is 25.2 Å². The van der Waals surface area contributed by atoms with E-state index in [1.807, 2.05) is 26.0 Å². The minimum atomic E-state index is 0.265. The summed E-state index contributed by atoms with van der Waals surface area (Å²) in [4.78, 5) is 8.36. The summed E-state index contributed by atoms with van der Waals surface area (Å²) in [5.74, 6) is 1.22. The number of ether oxygens (including phenoxy) is 1. The zero-order chi connectivity index (χ0) is 13.0. The summed E-state index contributed by atoms with van der Waals surface area (Å²) < 4.78 is 10.1. The fraction of sp³-hybridized carbons (Fsp3) is 0.417. The molecule has 0 aliphatic rings. The minimum Gasteiger partial charge on any atom is -0.481 e. The molecule has 0 atom stereocenters. The van der Waals surface area contributed by atoms with Crippen LogP contribution in [0.4, 0.5) is 6.01 Å². The maximum absolute atomic E-state index is 5.08. The lowest BCUT2D eigenvalue weighted by Gasteiger charge is -2.01. The molecule has 2 aromatic heterocycles. The van der Waals surface area contributed by atoms with Gasteiger partial charge in [-0.25, -0.2) is 4.98 Å². The minimum absolute atomic E-state index is 0.265. The van der Waals surface area contributed by atoms with Crippen molar-refractivity contribution < 1.29 is 9.26 Å². The maximum atomic E-state index is 5.08. The van der Waals surface area contributed by atoms with Gasteiger partial charge in [0.2, 0.25) is 5.88 Å². The molecule has 0 saturated heterocycles. The maximum Gasteiger partial charge on any atom is 0.321 e. The van der Waals surface area contributed by atoms with Crippen LogP contribution < -0.4 is 10.1 Å². The number of hydrogen-bond donors (Lipinski definition) is 1. The lowest BCUT2D eigenvalue weighted by molar-refractivity contribution is 0.397. The molecule has 0 bridgehead atoms. The van der Waals surface area contributed by atoms with E-state index in [-0.39, 0.29) is 6.04 Å². The fourth-order valence-corrected chi connectivity index (χ4v) is 1.45. The molecule has 2 rings (SSSR count). The van der Waals surface area contributed by atoms with Crippen LogP contribution in [0, 0.1) is 0 Å². The van der Waals surface area contributed by atoms with Crippen LogP contribution in [0.15, 0.2) is 22.9 Å². The van der Waals surface area contributed by atoms with Gasteiger partial charge in [0, 0.05) is 24.7 Å². The van der Waals surface area contributed by atoms with Crippen LogP contribution in [0.5, 0.6) is 5.88 Å². The molecule has 0 spiro atoms. The van der Waals surface area contributed by atoms with E-state index in [2.05, 4.69) is 20.4 Å². The van der Waals surface area contributed by atoms with Gasteiger partial charge in [0.15, 0.2) is 5.82 Å². The summed E-state index contributed by atoms with van der Waals surface area (Å²) in [6.45, 7) is 4.02. The van der Waals surface area contributed by atoms with Crippen molar-refractivity contribution in [2.24, 2.45) is 0 Å². The predicted octanol–water partition coefficient (Wildman–Crippen LogP) is 1.88. The molecule has 0 aliphatic carbocycles. The molecule has 0 saturated carbocycles. The van der Waals surface area contributed by atoms with Gasteiger partial charge < -0.3 is 14.6 Å². The Labute approximate surface area is 105 Å². The van der Waals surface area contributed by atoms with E-state index < -0.39 is 0 Å². The van der Waals surface area contributed by atoms with Gasteiger partial charge in [-0.15, -0.1) is 0 Å². The molecule has 2 aromatic rings. The highest BCUT2D eigenvalue weighted by Gasteiger charge is 2.08. The van der Waals surface area contributed by atoms with E-state index in [1.54, 1.807) is 13.3 Å². The van der Waals surface area contributed by atoms with Crippen LogP contribution in [0.2, 0.25) is 0 Å². The predicted molar refractivity (Wildman–Crippen MR) is 66.7 cm³/mol. The summed E-state index contributed by atoms with van der Waals surface area (Å²) >= 11 is 0. The summed E-state index contributed by atoms with van der Waals surface area (Å²) in [5.41, 5.74) is 1.01. The second-order valence-electron chi connectivity index (χ2n) is 4.20. The monoisotopic (exact) mass is 248 g/mol. The first-order chi connectivity index (χ1) is 8.67. The number of nitrogens with zero attached hydrogens (tertiary/aromatic N) is 3. The van der Waals surface area contributed by atoms with Gasteiger partial charge in [-0.3, -0.25) is 0 Å². The standard InChI is InChI=1S/C12H16N4O2/c1-8(2)14-12-15-10(16-18-12)6-9-4-5-11(17-3)13-7-9/h4-5,7-8H,6H2,1-3H3,(H,14,15,16). The number of pyridine rings is 1. The normalized spacial score (nSPS) is 10.7. The van der Waals surface area contributed by atoms with Crippen molar-refractivity contribution >= 4 is 6.01 Å². The third-order valence-electron chi connectivity index (χ3n) is 2.25. The highest BCUT2D eigenvalue weighted by atomic mass is 16.5. The molecule has 0 radical (unpaired) electrons. The quantitative estimate of drug-likeness (QED) is 0.871. The molecule has 0 amide bonds. The topological polar surface area (TPSA) is 73.1 Å². The number of anilines is 1. The largest absolute Gasteiger partial charge is 0.481 e. The van der Waals surface area contributed by atoms with Crippen molar-refractivity contribution in [2.75, 3.05) is 12.4 Å². The zero-order valence-electron chi connectivity index (χ0n) is 10.7. The number of methoxy groups -OCH3 is 1. The van der Waals surface area contributed by atoms with Gasteiger partial charge in [-0.05, 0) is 19.4 Å². The molecule has 6 nitrogen and oxygen atoms in total.